The summed E-state index contributed by atoms with van der Waals surface area (Å²) >= 11 is 1.37. The maximum absolute atomic E-state index is 13.9. The Morgan fingerprint density at radius 1 is 1.00 bits per heavy atom. The van der Waals surface area contributed by atoms with Gasteiger partial charge < -0.3 is 15.5 Å². The van der Waals surface area contributed by atoms with E-state index in [9.17, 15) is 14.3 Å². The highest BCUT2D eigenvalue weighted by Gasteiger charge is 2.13. The summed E-state index contributed by atoms with van der Waals surface area (Å²) in [6, 6.07) is 18.3. The topological polar surface area (TPSA) is 82.5 Å². The Labute approximate surface area is 169 Å². The zero-order valence-electron chi connectivity index (χ0n) is 15.0. The van der Waals surface area contributed by atoms with Crippen LogP contribution in [0.4, 0.5) is 15.2 Å². The van der Waals surface area contributed by atoms with E-state index in [0.717, 1.165) is 11.3 Å². The van der Waals surface area contributed by atoms with E-state index in [-0.39, 0.29) is 17.1 Å². The van der Waals surface area contributed by atoms with Crippen molar-refractivity contribution in [3.05, 3.63) is 83.5 Å². The number of hydrogen-bond acceptors (Lipinski definition) is 5. The zero-order valence-corrected chi connectivity index (χ0v) is 15.8. The second-order valence-corrected chi connectivity index (χ2v) is 7.12. The van der Waals surface area contributed by atoms with Crippen molar-refractivity contribution in [1.82, 2.24) is 4.98 Å². The molecule has 29 heavy (non-hydrogen) atoms. The molecule has 0 saturated heterocycles. The minimum absolute atomic E-state index is 0.172. The first-order valence-electron chi connectivity index (χ1n) is 8.65. The number of nitrogens with zero attached hydrogens (tertiary/aromatic N) is 1. The molecule has 1 aromatic heterocycles. The molecule has 5 nitrogen and oxygen atoms in total. The maximum Gasteiger partial charge on any atom is 0.339 e. The third-order valence-corrected chi connectivity index (χ3v) is 5.11. The first kappa shape index (κ1) is 18.6. The molecule has 3 aromatic carbocycles. The lowest BCUT2D eigenvalue weighted by atomic mass is 10.1. The van der Waals surface area contributed by atoms with Gasteiger partial charge in [0.15, 0.2) is 5.13 Å². The predicted octanol–water partition coefficient (Wildman–Crippen LogP) is 5.76. The van der Waals surface area contributed by atoms with Gasteiger partial charge in [0.25, 0.3) is 0 Å². The van der Waals surface area contributed by atoms with Gasteiger partial charge in [0.1, 0.15) is 17.1 Å². The number of benzene rings is 3. The van der Waals surface area contributed by atoms with Crippen molar-refractivity contribution in [2.24, 2.45) is 0 Å². The fraction of sp³-hybridized carbons (Fsp3) is 0. The largest absolute Gasteiger partial charge is 0.507 e. The number of thiazole rings is 1. The van der Waals surface area contributed by atoms with Crippen molar-refractivity contribution in [2.45, 2.75) is 0 Å². The van der Waals surface area contributed by atoms with E-state index in [0.29, 0.717) is 22.0 Å². The molecule has 0 amide bonds. The predicted molar refractivity (Wildman–Crippen MR) is 111 cm³/mol. The van der Waals surface area contributed by atoms with Crippen LogP contribution in [0.5, 0.6) is 5.75 Å². The summed E-state index contributed by atoms with van der Waals surface area (Å²) in [6.07, 6.45) is 0. The second kappa shape index (κ2) is 7.73. The van der Waals surface area contributed by atoms with Crippen LogP contribution < -0.4 is 5.32 Å². The number of hydrogen-bond donors (Lipinski definition) is 3. The molecule has 144 valence electrons. The fourth-order valence-electron chi connectivity index (χ4n) is 2.88. The van der Waals surface area contributed by atoms with Crippen LogP contribution in [0.2, 0.25) is 0 Å². The number of nitrogens with one attached hydrogen (secondary N) is 1. The first-order chi connectivity index (χ1) is 14.0. The van der Waals surface area contributed by atoms with Crippen molar-refractivity contribution >= 4 is 28.1 Å². The molecule has 0 unspecified atom stereocenters. The highest BCUT2D eigenvalue weighted by Crippen LogP contribution is 2.31. The third kappa shape index (κ3) is 3.95. The molecular weight excluding hydrogens is 391 g/mol. The van der Waals surface area contributed by atoms with Crippen molar-refractivity contribution < 1.29 is 19.4 Å². The molecule has 0 spiro atoms. The third-order valence-electron chi connectivity index (χ3n) is 4.35. The number of anilines is 2. The lowest BCUT2D eigenvalue weighted by Gasteiger charge is -2.06. The van der Waals surface area contributed by atoms with Gasteiger partial charge in [-0.05, 0) is 42.0 Å². The summed E-state index contributed by atoms with van der Waals surface area (Å²) in [4.78, 5) is 15.7. The summed E-state index contributed by atoms with van der Waals surface area (Å²) in [5, 5.41) is 24.4. The molecule has 7 heteroatoms. The number of rotatable bonds is 5. The highest BCUT2D eigenvalue weighted by atomic mass is 32.1. The van der Waals surface area contributed by atoms with Crippen LogP contribution in [0.3, 0.4) is 0 Å². The summed E-state index contributed by atoms with van der Waals surface area (Å²) < 4.78 is 13.9. The van der Waals surface area contributed by atoms with Crippen LogP contribution >= 0.6 is 11.3 Å². The van der Waals surface area contributed by atoms with Gasteiger partial charge in [0.05, 0.1) is 5.69 Å². The van der Waals surface area contributed by atoms with E-state index in [4.69, 9.17) is 5.11 Å². The van der Waals surface area contributed by atoms with Gasteiger partial charge in [-0.1, -0.05) is 30.3 Å². The molecule has 0 aliphatic rings. The van der Waals surface area contributed by atoms with E-state index >= 15 is 0 Å². The number of carbonyl (C=O) groups is 1. The van der Waals surface area contributed by atoms with Crippen LogP contribution in [0, 0.1) is 5.82 Å². The van der Waals surface area contributed by atoms with E-state index in [2.05, 4.69) is 10.3 Å². The van der Waals surface area contributed by atoms with Gasteiger partial charge >= 0.3 is 5.97 Å². The van der Waals surface area contributed by atoms with Gasteiger partial charge in [-0.3, -0.25) is 0 Å². The molecule has 1 heterocycles. The molecule has 4 aromatic rings. The van der Waals surface area contributed by atoms with Crippen molar-refractivity contribution in [3.63, 3.8) is 0 Å². The normalized spacial score (nSPS) is 10.7. The molecular formula is C22H15FN2O3S. The number of carboxylic acid groups (broad SMARTS) is 1. The van der Waals surface area contributed by atoms with Crippen LogP contribution in [0.1, 0.15) is 10.4 Å². The Hall–Kier alpha value is -3.71. The van der Waals surface area contributed by atoms with Crippen LogP contribution in [0.15, 0.2) is 72.1 Å². The first-order valence-corrected chi connectivity index (χ1v) is 9.53. The van der Waals surface area contributed by atoms with E-state index in [1.165, 1.54) is 29.5 Å². The maximum atomic E-state index is 13.9. The van der Waals surface area contributed by atoms with Crippen LogP contribution in [-0.4, -0.2) is 21.2 Å². The van der Waals surface area contributed by atoms with E-state index < -0.39 is 5.97 Å². The summed E-state index contributed by atoms with van der Waals surface area (Å²) in [6.45, 7) is 0. The van der Waals surface area contributed by atoms with Crippen molar-refractivity contribution in [2.75, 3.05) is 5.32 Å². The molecule has 0 aliphatic heterocycles. The molecule has 4 rings (SSSR count). The molecule has 0 atom stereocenters. The zero-order chi connectivity index (χ0) is 20.4. The number of aromatic hydroxyl groups is 1. The summed E-state index contributed by atoms with van der Waals surface area (Å²) in [7, 11) is 0. The minimum atomic E-state index is -1.20. The molecule has 0 saturated carbocycles. The average Bonchev–Trinajstić information content (AvgIpc) is 3.18. The molecule has 0 bridgehead atoms. The fourth-order valence-corrected chi connectivity index (χ4v) is 3.62. The smallest absolute Gasteiger partial charge is 0.339 e. The lowest BCUT2D eigenvalue weighted by Crippen LogP contribution is -1.97. The van der Waals surface area contributed by atoms with Gasteiger partial charge in [0.2, 0.25) is 0 Å². The Bertz CT molecular complexity index is 1190. The molecule has 0 fully saturated rings. The Balaban J connectivity index is 1.53. The van der Waals surface area contributed by atoms with Crippen molar-refractivity contribution in [3.8, 4) is 28.1 Å². The minimum Gasteiger partial charge on any atom is -0.507 e. The van der Waals surface area contributed by atoms with Gasteiger partial charge in [-0.25, -0.2) is 14.2 Å². The van der Waals surface area contributed by atoms with E-state index in [1.807, 2.05) is 24.3 Å². The van der Waals surface area contributed by atoms with Gasteiger partial charge in [0, 0.05) is 22.2 Å². The van der Waals surface area contributed by atoms with Crippen LogP contribution in [0.25, 0.3) is 22.4 Å². The molecule has 3 N–H and O–H groups in total. The summed E-state index contributed by atoms with van der Waals surface area (Å²) in [5.74, 6) is -1.76. The SMILES string of the molecule is O=C(O)c1cc(-c2csc(Nc3ccc(-c4ccccc4F)cc3)n2)ccc1O. The van der Waals surface area contributed by atoms with E-state index in [1.54, 1.807) is 29.6 Å². The number of phenols is 1. The Morgan fingerprint density at radius 2 is 1.72 bits per heavy atom. The monoisotopic (exact) mass is 406 g/mol. The second-order valence-electron chi connectivity index (χ2n) is 6.26. The highest BCUT2D eigenvalue weighted by molar-refractivity contribution is 7.14. The molecule has 0 radical (unpaired) electrons. The number of aromatic nitrogens is 1. The quantitative estimate of drug-likeness (QED) is 0.392. The summed E-state index contributed by atoms with van der Waals surface area (Å²) in [5.41, 5.74) is 3.13. The number of carboxylic acids is 1. The Morgan fingerprint density at radius 3 is 2.45 bits per heavy atom. The van der Waals surface area contributed by atoms with Crippen LogP contribution in [-0.2, 0) is 0 Å². The number of halogens is 1. The average molecular weight is 406 g/mol. The number of aromatic carboxylic acids is 1. The Kier molecular flexibility index (Phi) is 4.97. The van der Waals surface area contributed by atoms with Gasteiger partial charge in [-0.2, -0.15) is 0 Å². The van der Waals surface area contributed by atoms with Gasteiger partial charge in [-0.15, -0.1) is 11.3 Å². The standard InChI is InChI=1S/C22H15FN2O3S/c23-18-4-2-1-3-16(18)13-5-8-15(9-6-13)24-22-25-19(12-29-22)14-7-10-20(26)17(11-14)21(27)28/h1-12,26H,(H,24,25)(H,27,28). The van der Waals surface area contributed by atoms with Crippen molar-refractivity contribution in [1.29, 1.82) is 0 Å². The lowest BCUT2D eigenvalue weighted by molar-refractivity contribution is 0.0694. The molecule has 0 aliphatic carbocycles.